The first kappa shape index (κ1) is 11.8. The van der Waals surface area contributed by atoms with E-state index in [4.69, 9.17) is 17.6 Å². The van der Waals surface area contributed by atoms with Crippen molar-refractivity contribution in [3.05, 3.63) is 54.6 Å². The first-order chi connectivity index (χ1) is 9.81. The predicted octanol–water partition coefficient (Wildman–Crippen LogP) is 4.42. The third kappa shape index (κ3) is 1.85. The number of pyridine rings is 1. The second-order valence-electron chi connectivity index (χ2n) is 4.51. The molecule has 0 aliphatic heterocycles. The number of hydrogen-bond acceptors (Lipinski definition) is 4. The van der Waals surface area contributed by atoms with Crippen LogP contribution in [0.1, 0.15) is 0 Å². The second-order valence-corrected chi connectivity index (χ2v) is 5.96. The van der Waals surface area contributed by atoms with E-state index in [1.54, 1.807) is 11.3 Å². The number of fused-ring (bicyclic) bond motifs is 2. The van der Waals surface area contributed by atoms with E-state index in [1.165, 1.54) is 4.70 Å². The lowest BCUT2D eigenvalue weighted by atomic mass is 10.1. The lowest BCUT2D eigenvalue weighted by Gasteiger charge is -2.10. The zero-order chi connectivity index (χ0) is 13.5. The van der Waals surface area contributed by atoms with Gasteiger partial charge in [-0.1, -0.05) is 41.4 Å². The smallest absolute Gasteiger partial charge is 0.125 e. The molecule has 0 aliphatic rings. The van der Waals surface area contributed by atoms with Crippen molar-refractivity contribution in [1.82, 2.24) is 9.97 Å². The van der Waals surface area contributed by atoms with Crippen molar-refractivity contribution in [2.75, 3.05) is 0 Å². The van der Waals surface area contributed by atoms with Crippen molar-refractivity contribution in [2.24, 2.45) is 0 Å². The average Bonchev–Trinajstić information content (AvgIpc) is 2.90. The fraction of sp³-hybridized carbons (Fsp3) is 0. The molecule has 0 amide bonds. The molecular formula is C16H9N2S2-. The molecule has 2 nitrogen and oxygen atoms in total. The molecule has 0 aliphatic carbocycles. The topological polar surface area (TPSA) is 25.8 Å². The van der Waals surface area contributed by atoms with Crippen LogP contribution in [0, 0.1) is 0 Å². The standard InChI is InChI=1S/C16H10N2S2/c19-15-9-11(10-5-1-2-6-12(10)17-15)16-18-13-7-3-4-8-14(13)20-16/h1-9H,(H,17,19)/p-1. The monoisotopic (exact) mass is 293 g/mol. The van der Waals surface area contributed by atoms with Crippen molar-refractivity contribution in [2.45, 2.75) is 5.03 Å². The molecule has 4 heteroatoms. The summed E-state index contributed by atoms with van der Waals surface area (Å²) in [5.41, 5.74) is 3.02. The first-order valence-corrected chi connectivity index (χ1v) is 7.46. The van der Waals surface area contributed by atoms with Crippen molar-refractivity contribution >= 4 is 45.1 Å². The minimum Gasteiger partial charge on any atom is -0.760 e. The summed E-state index contributed by atoms with van der Waals surface area (Å²) in [5, 5.41) is 2.70. The van der Waals surface area contributed by atoms with Gasteiger partial charge in [0.05, 0.1) is 15.7 Å². The van der Waals surface area contributed by atoms with E-state index in [1.807, 2.05) is 42.5 Å². The minimum atomic E-state index is 0.609. The number of aromatic nitrogens is 2. The lowest BCUT2D eigenvalue weighted by molar-refractivity contribution is 1.20. The summed E-state index contributed by atoms with van der Waals surface area (Å²) in [4.78, 5) is 9.13. The molecule has 96 valence electrons. The molecule has 0 spiro atoms. The van der Waals surface area contributed by atoms with Gasteiger partial charge in [-0.3, -0.25) is 4.98 Å². The van der Waals surface area contributed by atoms with Crippen LogP contribution < -0.4 is 0 Å². The fourth-order valence-corrected chi connectivity index (χ4v) is 3.53. The quantitative estimate of drug-likeness (QED) is 0.486. The summed E-state index contributed by atoms with van der Waals surface area (Å²) in [6.07, 6.45) is 0. The Morgan fingerprint density at radius 2 is 1.60 bits per heavy atom. The van der Waals surface area contributed by atoms with Crippen LogP contribution in [0.3, 0.4) is 0 Å². The SMILES string of the molecule is [S-]c1cc(-c2nc3ccccc3s2)c2ccccc2n1. The molecule has 0 saturated heterocycles. The van der Waals surface area contributed by atoms with Gasteiger partial charge >= 0.3 is 0 Å². The third-order valence-electron chi connectivity index (χ3n) is 3.22. The van der Waals surface area contributed by atoms with Crippen LogP contribution in [0.25, 0.3) is 31.7 Å². The molecule has 0 bridgehead atoms. The molecule has 0 unspecified atom stereocenters. The molecule has 0 fully saturated rings. The van der Waals surface area contributed by atoms with Crippen LogP contribution in [0.5, 0.6) is 0 Å². The van der Waals surface area contributed by atoms with Gasteiger partial charge in [0.15, 0.2) is 0 Å². The number of nitrogens with zero attached hydrogens (tertiary/aromatic N) is 2. The highest BCUT2D eigenvalue weighted by atomic mass is 32.1. The highest BCUT2D eigenvalue weighted by Gasteiger charge is 2.09. The van der Waals surface area contributed by atoms with Crippen LogP contribution in [0.4, 0.5) is 0 Å². The van der Waals surface area contributed by atoms with E-state index in [-0.39, 0.29) is 0 Å². The highest BCUT2D eigenvalue weighted by molar-refractivity contribution is 7.58. The summed E-state index contributed by atoms with van der Waals surface area (Å²) >= 11 is 6.96. The normalized spacial score (nSPS) is 11.2. The fourth-order valence-electron chi connectivity index (χ4n) is 2.32. The summed E-state index contributed by atoms with van der Waals surface area (Å²) in [7, 11) is 0. The van der Waals surface area contributed by atoms with Gasteiger partial charge in [0, 0.05) is 10.9 Å². The maximum atomic E-state index is 5.27. The number of rotatable bonds is 1. The molecule has 4 aromatic rings. The summed E-state index contributed by atoms with van der Waals surface area (Å²) in [5.74, 6) is 0. The molecule has 2 heterocycles. The Balaban J connectivity index is 2.06. The molecule has 2 aromatic carbocycles. The Bertz CT molecular complexity index is 895. The largest absolute Gasteiger partial charge is 0.760 e. The maximum Gasteiger partial charge on any atom is 0.125 e. The van der Waals surface area contributed by atoms with Gasteiger partial charge in [0.2, 0.25) is 0 Å². The summed E-state index contributed by atoms with van der Waals surface area (Å²) in [6.45, 7) is 0. The van der Waals surface area contributed by atoms with E-state index in [0.29, 0.717) is 5.03 Å². The summed E-state index contributed by atoms with van der Waals surface area (Å²) < 4.78 is 1.19. The molecule has 4 rings (SSSR count). The number of para-hydroxylation sites is 2. The average molecular weight is 293 g/mol. The molecule has 0 saturated carbocycles. The number of hydrogen-bond donors (Lipinski definition) is 0. The molecule has 2 aromatic heterocycles. The van der Waals surface area contributed by atoms with Gasteiger partial charge in [-0.05, 0) is 18.2 Å². The van der Waals surface area contributed by atoms with Gasteiger partial charge in [-0.15, -0.1) is 11.3 Å². The minimum absolute atomic E-state index is 0.609. The van der Waals surface area contributed by atoms with Gasteiger partial charge in [-0.2, -0.15) is 0 Å². The van der Waals surface area contributed by atoms with Crippen molar-refractivity contribution in [3.8, 4) is 10.6 Å². The lowest BCUT2D eigenvalue weighted by Crippen LogP contribution is -1.87. The Morgan fingerprint density at radius 1 is 0.850 bits per heavy atom. The van der Waals surface area contributed by atoms with Gasteiger partial charge < -0.3 is 12.6 Å². The Morgan fingerprint density at radius 3 is 2.45 bits per heavy atom. The van der Waals surface area contributed by atoms with Crippen molar-refractivity contribution in [1.29, 1.82) is 0 Å². The van der Waals surface area contributed by atoms with Crippen molar-refractivity contribution < 1.29 is 0 Å². The van der Waals surface area contributed by atoms with Crippen LogP contribution in [0.15, 0.2) is 59.6 Å². The molecule has 20 heavy (non-hydrogen) atoms. The summed E-state index contributed by atoms with van der Waals surface area (Å²) in [6, 6.07) is 18.2. The van der Waals surface area contributed by atoms with Gasteiger partial charge in [-0.25, -0.2) is 4.98 Å². The number of benzene rings is 2. The van der Waals surface area contributed by atoms with Crippen LogP contribution in [-0.2, 0) is 12.6 Å². The first-order valence-electron chi connectivity index (χ1n) is 6.24. The molecule has 0 atom stereocenters. The zero-order valence-electron chi connectivity index (χ0n) is 10.4. The van der Waals surface area contributed by atoms with Crippen molar-refractivity contribution in [3.63, 3.8) is 0 Å². The molecular weight excluding hydrogens is 284 g/mol. The van der Waals surface area contributed by atoms with Crippen LogP contribution >= 0.6 is 11.3 Å². The van der Waals surface area contributed by atoms with E-state index in [0.717, 1.165) is 27.0 Å². The van der Waals surface area contributed by atoms with E-state index >= 15 is 0 Å². The maximum absolute atomic E-state index is 5.27. The van der Waals surface area contributed by atoms with E-state index in [9.17, 15) is 0 Å². The van der Waals surface area contributed by atoms with Gasteiger partial charge in [0.25, 0.3) is 0 Å². The zero-order valence-corrected chi connectivity index (χ0v) is 12.0. The number of thiazole rings is 1. The Kier molecular flexibility index (Phi) is 2.65. The second kappa shape index (κ2) is 4.51. The highest BCUT2D eigenvalue weighted by Crippen LogP contribution is 2.34. The molecule has 0 radical (unpaired) electrons. The Labute approximate surface area is 125 Å². The van der Waals surface area contributed by atoms with Crippen LogP contribution in [-0.4, -0.2) is 9.97 Å². The predicted molar refractivity (Wildman–Crippen MR) is 86.0 cm³/mol. The van der Waals surface area contributed by atoms with Crippen LogP contribution in [0.2, 0.25) is 0 Å². The third-order valence-corrected chi connectivity index (χ3v) is 4.50. The molecule has 0 N–H and O–H groups in total. The van der Waals surface area contributed by atoms with E-state index in [2.05, 4.69) is 17.1 Å². The van der Waals surface area contributed by atoms with Gasteiger partial charge in [0.1, 0.15) is 5.01 Å². The Hall–Kier alpha value is -2.04. The van der Waals surface area contributed by atoms with E-state index < -0.39 is 0 Å².